The number of carbonyl (C=O) groups is 1. The molecule has 2 unspecified atom stereocenters. The summed E-state index contributed by atoms with van der Waals surface area (Å²) in [5.74, 6) is 0.126. The fraction of sp³-hybridized carbons (Fsp3) is 0.533. The van der Waals surface area contributed by atoms with Gasteiger partial charge in [-0.25, -0.2) is 0 Å². The number of benzene rings is 1. The van der Waals surface area contributed by atoms with E-state index >= 15 is 0 Å². The Labute approximate surface area is 113 Å². The number of nitrogens with zero attached hydrogens (tertiary/aromatic N) is 1. The summed E-state index contributed by atoms with van der Waals surface area (Å²) in [6, 6.07) is 6.26. The Bertz CT molecular complexity index is 495. The van der Waals surface area contributed by atoms with E-state index < -0.39 is 0 Å². The van der Waals surface area contributed by atoms with Crippen LogP contribution in [0.2, 0.25) is 0 Å². The molecule has 0 bridgehead atoms. The highest BCUT2D eigenvalue weighted by Crippen LogP contribution is 2.29. The molecule has 1 aromatic carbocycles. The average molecular weight is 260 g/mol. The zero-order chi connectivity index (χ0) is 13.4. The number of hydrogen-bond acceptors (Lipinski definition) is 3. The molecule has 4 heteroatoms. The van der Waals surface area contributed by atoms with E-state index in [1.165, 1.54) is 11.1 Å². The largest absolute Gasteiger partial charge is 0.376 e. The van der Waals surface area contributed by atoms with E-state index in [-0.39, 0.29) is 18.1 Å². The smallest absolute Gasteiger partial charge is 0.220 e. The van der Waals surface area contributed by atoms with E-state index in [2.05, 4.69) is 18.2 Å². The summed E-state index contributed by atoms with van der Waals surface area (Å²) in [6.45, 7) is 3.86. The molecule has 4 nitrogen and oxygen atoms in total. The molecule has 3 rings (SSSR count). The lowest BCUT2D eigenvalue weighted by Gasteiger charge is -2.19. The molecule has 0 radical (unpaired) electrons. The van der Waals surface area contributed by atoms with Crippen LogP contribution in [0.4, 0.5) is 0 Å². The first kappa shape index (κ1) is 12.6. The summed E-state index contributed by atoms with van der Waals surface area (Å²) in [5.41, 5.74) is 9.86. The maximum atomic E-state index is 11.4. The van der Waals surface area contributed by atoms with Gasteiger partial charge < -0.3 is 15.4 Å². The van der Waals surface area contributed by atoms with Crippen molar-refractivity contribution < 1.29 is 9.53 Å². The molecule has 2 atom stereocenters. The summed E-state index contributed by atoms with van der Waals surface area (Å²) >= 11 is 0. The van der Waals surface area contributed by atoms with Crippen molar-refractivity contribution in [3.05, 3.63) is 34.9 Å². The van der Waals surface area contributed by atoms with Gasteiger partial charge in [0.25, 0.3) is 0 Å². The molecule has 1 saturated heterocycles. The highest BCUT2D eigenvalue weighted by molar-refractivity contribution is 5.74. The fourth-order valence-electron chi connectivity index (χ4n) is 2.94. The van der Waals surface area contributed by atoms with Gasteiger partial charge in [0.2, 0.25) is 5.91 Å². The molecule has 2 N–H and O–H groups in total. The summed E-state index contributed by atoms with van der Waals surface area (Å²) in [6.07, 6.45) is 2.28. The quantitative estimate of drug-likeness (QED) is 0.881. The third kappa shape index (κ3) is 2.38. The van der Waals surface area contributed by atoms with Crippen molar-refractivity contribution in [1.82, 2.24) is 4.90 Å². The van der Waals surface area contributed by atoms with E-state index in [0.717, 1.165) is 31.6 Å². The van der Waals surface area contributed by atoms with Gasteiger partial charge in [0.15, 0.2) is 0 Å². The van der Waals surface area contributed by atoms with E-state index in [1.807, 2.05) is 4.90 Å². The second-order valence-electron chi connectivity index (χ2n) is 5.48. The molecular formula is C15H20N2O2. The van der Waals surface area contributed by atoms with Crippen molar-refractivity contribution in [1.29, 1.82) is 0 Å². The maximum absolute atomic E-state index is 11.4. The zero-order valence-corrected chi connectivity index (χ0v) is 11.3. The molecule has 102 valence electrons. The second kappa shape index (κ2) is 4.94. The monoisotopic (exact) mass is 260 g/mol. The summed E-state index contributed by atoms with van der Waals surface area (Å²) < 4.78 is 5.66. The van der Waals surface area contributed by atoms with Crippen LogP contribution in [0.1, 0.15) is 42.5 Å². The molecule has 1 amide bonds. The summed E-state index contributed by atoms with van der Waals surface area (Å²) in [5, 5.41) is 0. The molecule has 0 saturated carbocycles. The number of ether oxygens (including phenoxy) is 1. The number of fused-ring (bicyclic) bond motifs is 1. The highest BCUT2D eigenvalue weighted by atomic mass is 16.5. The van der Waals surface area contributed by atoms with Crippen molar-refractivity contribution in [3.8, 4) is 0 Å². The van der Waals surface area contributed by atoms with Gasteiger partial charge in [0, 0.05) is 26.6 Å². The molecule has 2 heterocycles. The van der Waals surface area contributed by atoms with E-state index in [9.17, 15) is 4.79 Å². The lowest BCUT2D eigenvalue weighted by molar-refractivity contribution is -0.129. The molecule has 1 aromatic rings. The van der Waals surface area contributed by atoms with Crippen LogP contribution in [0.5, 0.6) is 0 Å². The van der Waals surface area contributed by atoms with Crippen LogP contribution in [-0.2, 0) is 22.6 Å². The first-order valence-corrected chi connectivity index (χ1v) is 6.89. The minimum Gasteiger partial charge on any atom is -0.376 e. The summed E-state index contributed by atoms with van der Waals surface area (Å²) in [4.78, 5) is 13.3. The van der Waals surface area contributed by atoms with Gasteiger partial charge in [-0.2, -0.15) is 0 Å². The number of nitrogens with two attached hydrogens (primary N) is 1. The Balaban J connectivity index is 1.79. The molecule has 0 aromatic heterocycles. The fourth-order valence-corrected chi connectivity index (χ4v) is 2.94. The van der Waals surface area contributed by atoms with Gasteiger partial charge in [-0.15, -0.1) is 0 Å². The first-order chi connectivity index (χ1) is 9.15. The Morgan fingerprint density at radius 2 is 2.21 bits per heavy atom. The van der Waals surface area contributed by atoms with Crippen molar-refractivity contribution in [2.24, 2.45) is 5.73 Å². The van der Waals surface area contributed by atoms with Crippen molar-refractivity contribution >= 4 is 5.91 Å². The van der Waals surface area contributed by atoms with Gasteiger partial charge in [0.1, 0.15) is 0 Å². The van der Waals surface area contributed by atoms with Crippen LogP contribution in [0, 0.1) is 0 Å². The van der Waals surface area contributed by atoms with Crippen molar-refractivity contribution in [2.45, 2.75) is 45.0 Å². The molecule has 0 aliphatic carbocycles. The molecule has 2 aliphatic rings. The van der Waals surface area contributed by atoms with Crippen LogP contribution in [0.15, 0.2) is 18.2 Å². The third-order valence-corrected chi connectivity index (χ3v) is 4.15. The van der Waals surface area contributed by atoms with Crippen LogP contribution >= 0.6 is 0 Å². The second-order valence-corrected chi connectivity index (χ2v) is 5.48. The molecule has 19 heavy (non-hydrogen) atoms. The van der Waals surface area contributed by atoms with Crippen molar-refractivity contribution in [2.75, 3.05) is 6.61 Å². The predicted octanol–water partition coefficient (Wildman–Crippen LogP) is 1.73. The SMILES string of the molecule is CC(=O)N1Cc2ccc(C(N)C3CCCO3)cc2C1. The van der Waals surface area contributed by atoms with Gasteiger partial charge in [0.05, 0.1) is 12.1 Å². The first-order valence-electron chi connectivity index (χ1n) is 6.89. The minimum absolute atomic E-state index is 0.0563. The summed E-state index contributed by atoms with van der Waals surface area (Å²) in [7, 11) is 0. The van der Waals surface area contributed by atoms with Crippen LogP contribution < -0.4 is 5.73 Å². The minimum atomic E-state index is -0.0563. The van der Waals surface area contributed by atoms with Gasteiger partial charge in [-0.1, -0.05) is 18.2 Å². The van der Waals surface area contributed by atoms with Gasteiger partial charge >= 0.3 is 0 Å². The number of amides is 1. The standard InChI is InChI=1S/C15H20N2O2/c1-10(18)17-8-12-5-4-11(7-13(12)9-17)15(16)14-3-2-6-19-14/h4-5,7,14-15H,2-3,6,8-9,16H2,1H3. The van der Waals surface area contributed by atoms with E-state index in [0.29, 0.717) is 6.54 Å². The Hall–Kier alpha value is -1.39. The zero-order valence-electron chi connectivity index (χ0n) is 11.3. The molecule has 0 spiro atoms. The average Bonchev–Trinajstić information content (AvgIpc) is 3.06. The third-order valence-electron chi connectivity index (χ3n) is 4.15. The lowest BCUT2D eigenvalue weighted by atomic mass is 9.97. The van der Waals surface area contributed by atoms with Crippen molar-refractivity contribution in [3.63, 3.8) is 0 Å². The number of rotatable bonds is 2. The highest BCUT2D eigenvalue weighted by Gasteiger charge is 2.26. The number of carbonyl (C=O) groups excluding carboxylic acids is 1. The normalized spacial score (nSPS) is 23.5. The van der Waals surface area contributed by atoms with E-state index in [4.69, 9.17) is 10.5 Å². The van der Waals surface area contributed by atoms with Gasteiger partial charge in [-0.3, -0.25) is 4.79 Å². The van der Waals surface area contributed by atoms with Crippen LogP contribution in [0.25, 0.3) is 0 Å². The van der Waals surface area contributed by atoms with Crippen LogP contribution in [0.3, 0.4) is 0 Å². The molecule has 2 aliphatic heterocycles. The number of hydrogen-bond donors (Lipinski definition) is 1. The Kier molecular flexibility index (Phi) is 3.29. The topological polar surface area (TPSA) is 55.6 Å². The predicted molar refractivity (Wildman–Crippen MR) is 72.3 cm³/mol. The molecular weight excluding hydrogens is 240 g/mol. The Morgan fingerprint density at radius 1 is 1.42 bits per heavy atom. The molecule has 1 fully saturated rings. The van der Waals surface area contributed by atoms with Crippen LogP contribution in [-0.4, -0.2) is 23.5 Å². The Morgan fingerprint density at radius 3 is 2.89 bits per heavy atom. The maximum Gasteiger partial charge on any atom is 0.220 e. The van der Waals surface area contributed by atoms with E-state index in [1.54, 1.807) is 6.92 Å². The lowest BCUT2D eigenvalue weighted by Crippen LogP contribution is -2.25. The van der Waals surface area contributed by atoms with Gasteiger partial charge in [-0.05, 0) is 29.5 Å².